The number of ether oxygens (including phenoxy) is 1. The number of fused-ring (bicyclic) bond motifs is 1. The molecule has 144 valence electrons. The molecule has 0 aliphatic carbocycles. The van der Waals surface area contributed by atoms with Crippen LogP contribution < -0.4 is 5.32 Å². The molecule has 6 heteroatoms. The van der Waals surface area contributed by atoms with Crippen molar-refractivity contribution in [3.63, 3.8) is 0 Å². The third-order valence-electron chi connectivity index (χ3n) is 4.89. The summed E-state index contributed by atoms with van der Waals surface area (Å²) in [5.74, 6) is -0.239. The lowest BCUT2D eigenvalue weighted by atomic mass is 10.1. The Hall–Kier alpha value is -2.47. The van der Waals surface area contributed by atoms with Crippen LogP contribution in [0.2, 0.25) is 5.15 Å². The number of rotatable bonds is 5. The molecule has 28 heavy (non-hydrogen) atoms. The van der Waals surface area contributed by atoms with Crippen LogP contribution in [-0.2, 0) is 11.3 Å². The molecule has 1 N–H and O–H groups in total. The number of nitrogens with zero attached hydrogens (tertiary/aromatic N) is 2. The number of hydrogen-bond acceptors (Lipinski definition) is 4. The number of morpholine rings is 1. The number of benzene rings is 2. The van der Waals surface area contributed by atoms with Crippen molar-refractivity contribution in [2.45, 2.75) is 12.6 Å². The molecule has 1 amide bonds. The largest absolute Gasteiger partial charge is 0.374 e. The average molecular weight is 396 g/mol. The summed E-state index contributed by atoms with van der Waals surface area (Å²) in [5.41, 5.74) is 1.60. The van der Waals surface area contributed by atoms with E-state index in [4.69, 9.17) is 16.3 Å². The van der Waals surface area contributed by atoms with Gasteiger partial charge in [-0.3, -0.25) is 9.69 Å². The zero-order valence-corrected chi connectivity index (χ0v) is 16.2. The number of nitrogens with one attached hydrogen (secondary N) is 1. The molecule has 2 heterocycles. The second-order valence-corrected chi connectivity index (χ2v) is 7.30. The summed E-state index contributed by atoms with van der Waals surface area (Å²) in [4.78, 5) is 19.1. The molecule has 1 atom stereocenters. The van der Waals surface area contributed by atoms with E-state index >= 15 is 0 Å². The summed E-state index contributed by atoms with van der Waals surface area (Å²) >= 11 is 6.23. The van der Waals surface area contributed by atoms with Crippen LogP contribution in [0.25, 0.3) is 10.8 Å². The number of carbonyl (C=O) groups excluding carboxylic acids is 1. The molecular weight excluding hydrogens is 374 g/mol. The quantitative estimate of drug-likeness (QED) is 0.671. The lowest BCUT2D eigenvalue weighted by Gasteiger charge is -2.33. The van der Waals surface area contributed by atoms with Gasteiger partial charge in [-0.15, -0.1) is 0 Å². The van der Waals surface area contributed by atoms with Crippen LogP contribution in [0, 0.1) is 0 Å². The Morgan fingerprint density at radius 2 is 1.96 bits per heavy atom. The van der Waals surface area contributed by atoms with Gasteiger partial charge in [-0.1, -0.05) is 66.2 Å². The minimum atomic E-state index is -0.239. The minimum Gasteiger partial charge on any atom is -0.374 e. The summed E-state index contributed by atoms with van der Waals surface area (Å²) in [6, 6.07) is 19.8. The molecule has 5 nitrogen and oxygen atoms in total. The van der Waals surface area contributed by atoms with Gasteiger partial charge in [0.05, 0.1) is 12.7 Å². The van der Waals surface area contributed by atoms with Crippen molar-refractivity contribution in [1.29, 1.82) is 0 Å². The van der Waals surface area contributed by atoms with E-state index < -0.39 is 0 Å². The first-order chi connectivity index (χ1) is 13.7. The van der Waals surface area contributed by atoms with Gasteiger partial charge in [0.2, 0.25) is 0 Å². The van der Waals surface area contributed by atoms with Gasteiger partial charge in [-0.2, -0.15) is 0 Å². The van der Waals surface area contributed by atoms with E-state index in [1.54, 1.807) is 6.07 Å². The number of pyridine rings is 1. The first-order valence-electron chi connectivity index (χ1n) is 9.40. The molecule has 0 bridgehead atoms. The number of aromatic nitrogens is 1. The monoisotopic (exact) mass is 395 g/mol. The van der Waals surface area contributed by atoms with E-state index in [1.807, 2.05) is 30.3 Å². The van der Waals surface area contributed by atoms with E-state index in [1.165, 1.54) is 5.56 Å². The van der Waals surface area contributed by atoms with E-state index in [2.05, 4.69) is 39.5 Å². The normalized spacial score (nSPS) is 17.5. The lowest BCUT2D eigenvalue weighted by Crippen LogP contribution is -2.47. The molecule has 1 unspecified atom stereocenters. The Labute approximate surface area is 169 Å². The molecule has 1 saturated heterocycles. The summed E-state index contributed by atoms with van der Waals surface area (Å²) < 4.78 is 5.82. The summed E-state index contributed by atoms with van der Waals surface area (Å²) in [6.07, 6.45) is -0.0441. The molecule has 1 fully saturated rings. The van der Waals surface area contributed by atoms with E-state index in [0.717, 1.165) is 30.4 Å². The fraction of sp³-hybridized carbons (Fsp3) is 0.273. The number of amides is 1. The standard InChI is InChI=1S/C22H22ClN3O2/c23-21-19-9-5-4-8-17(19)12-20(25-21)22(27)24-13-18-15-26(10-11-28-18)14-16-6-2-1-3-7-16/h1-9,12,18H,10-11,13-15H2,(H,24,27). The van der Waals surface area contributed by atoms with E-state index in [-0.39, 0.29) is 12.0 Å². The lowest BCUT2D eigenvalue weighted by molar-refractivity contribution is -0.0292. The van der Waals surface area contributed by atoms with Gasteiger partial charge in [0, 0.05) is 31.6 Å². The van der Waals surface area contributed by atoms with Crippen LogP contribution in [0.1, 0.15) is 16.1 Å². The summed E-state index contributed by atoms with van der Waals surface area (Å²) in [7, 11) is 0. The zero-order chi connectivity index (χ0) is 19.3. The van der Waals surface area contributed by atoms with Crippen LogP contribution in [0.3, 0.4) is 0 Å². The maximum atomic E-state index is 12.6. The summed E-state index contributed by atoms with van der Waals surface area (Å²) in [6.45, 7) is 3.66. The Bertz CT molecular complexity index is 964. The fourth-order valence-corrected chi connectivity index (χ4v) is 3.72. The fourth-order valence-electron chi connectivity index (χ4n) is 3.46. The molecule has 0 spiro atoms. The van der Waals surface area contributed by atoms with Gasteiger partial charge in [-0.25, -0.2) is 4.98 Å². The average Bonchev–Trinajstić information content (AvgIpc) is 2.73. The topological polar surface area (TPSA) is 54.5 Å². The third-order valence-corrected chi connectivity index (χ3v) is 5.18. The molecular formula is C22H22ClN3O2. The third kappa shape index (κ3) is 4.50. The van der Waals surface area contributed by atoms with Crippen molar-refractivity contribution in [2.24, 2.45) is 0 Å². The Balaban J connectivity index is 1.35. The molecule has 3 aromatic rings. The van der Waals surface area contributed by atoms with Gasteiger partial charge in [0.25, 0.3) is 5.91 Å². The van der Waals surface area contributed by atoms with Crippen LogP contribution in [0.15, 0.2) is 60.7 Å². The number of carbonyl (C=O) groups is 1. The van der Waals surface area contributed by atoms with Crippen LogP contribution in [0.4, 0.5) is 0 Å². The van der Waals surface area contributed by atoms with Gasteiger partial charge >= 0.3 is 0 Å². The first-order valence-corrected chi connectivity index (χ1v) is 9.78. The van der Waals surface area contributed by atoms with Crippen molar-refractivity contribution in [3.05, 3.63) is 77.1 Å². The molecule has 0 radical (unpaired) electrons. The highest BCUT2D eigenvalue weighted by molar-refractivity contribution is 6.34. The highest BCUT2D eigenvalue weighted by atomic mass is 35.5. The first kappa shape index (κ1) is 18.9. The highest BCUT2D eigenvalue weighted by Crippen LogP contribution is 2.22. The maximum absolute atomic E-state index is 12.6. The maximum Gasteiger partial charge on any atom is 0.270 e. The highest BCUT2D eigenvalue weighted by Gasteiger charge is 2.21. The summed E-state index contributed by atoms with van der Waals surface area (Å²) in [5, 5.41) is 5.01. The second-order valence-electron chi connectivity index (χ2n) is 6.94. The second kappa shape index (κ2) is 8.69. The Morgan fingerprint density at radius 3 is 2.82 bits per heavy atom. The molecule has 2 aromatic carbocycles. The minimum absolute atomic E-state index is 0.0441. The van der Waals surface area contributed by atoms with Crippen molar-refractivity contribution >= 4 is 28.3 Å². The molecule has 0 saturated carbocycles. The molecule has 4 rings (SSSR count). The van der Waals surface area contributed by atoms with Crippen molar-refractivity contribution < 1.29 is 9.53 Å². The molecule has 1 aromatic heterocycles. The zero-order valence-electron chi connectivity index (χ0n) is 15.5. The van der Waals surface area contributed by atoms with Crippen molar-refractivity contribution in [3.8, 4) is 0 Å². The Kier molecular flexibility index (Phi) is 5.86. The van der Waals surface area contributed by atoms with E-state index in [0.29, 0.717) is 24.0 Å². The van der Waals surface area contributed by atoms with Gasteiger partial charge in [0.1, 0.15) is 10.8 Å². The van der Waals surface area contributed by atoms with Gasteiger partial charge in [0.15, 0.2) is 0 Å². The van der Waals surface area contributed by atoms with Crippen molar-refractivity contribution in [2.75, 3.05) is 26.2 Å². The molecule has 1 aliphatic rings. The number of hydrogen-bond donors (Lipinski definition) is 1. The SMILES string of the molecule is O=C(NCC1CN(Cc2ccccc2)CCO1)c1cc2ccccc2c(Cl)n1. The van der Waals surface area contributed by atoms with Gasteiger partial charge < -0.3 is 10.1 Å². The van der Waals surface area contributed by atoms with Gasteiger partial charge in [-0.05, 0) is 17.0 Å². The van der Waals surface area contributed by atoms with E-state index in [9.17, 15) is 4.79 Å². The predicted octanol–water partition coefficient (Wildman–Crippen LogP) is 3.52. The molecule has 1 aliphatic heterocycles. The Morgan fingerprint density at radius 1 is 1.18 bits per heavy atom. The van der Waals surface area contributed by atoms with Crippen molar-refractivity contribution in [1.82, 2.24) is 15.2 Å². The van der Waals surface area contributed by atoms with Crippen LogP contribution in [-0.4, -0.2) is 48.1 Å². The van der Waals surface area contributed by atoms with Crippen LogP contribution in [0.5, 0.6) is 0 Å². The predicted molar refractivity (Wildman–Crippen MR) is 111 cm³/mol. The number of halogens is 1. The van der Waals surface area contributed by atoms with Crippen LogP contribution >= 0.6 is 11.6 Å². The smallest absolute Gasteiger partial charge is 0.270 e.